The van der Waals surface area contributed by atoms with Crippen LogP contribution >= 0.6 is 23.1 Å². The molecular formula is C11H12ClF3N2OS2. The maximum absolute atomic E-state index is 12.1. The molecule has 1 heterocycles. The van der Waals surface area contributed by atoms with Crippen molar-refractivity contribution in [3.8, 4) is 5.75 Å². The molecule has 0 amide bonds. The highest BCUT2D eigenvalue weighted by Crippen LogP contribution is 2.29. The Hall–Kier alpha value is -0.860. The predicted octanol–water partition coefficient (Wildman–Crippen LogP) is 0.0366. The summed E-state index contributed by atoms with van der Waals surface area (Å²) < 4.78 is 42.9. The van der Waals surface area contributed by atoms with E-state index in [4.69, 9.17) is 5.73 Å². The molecule has 0 bridgehead atoms. The summed E-state index contributed by atoms with van der Waals surface area (Å²) >= 11 is 2.94. The number of halogens is 4. The number of thiazole rings is 1. The van der Waals surface area contributed by atoms with Crippen molar-refractivity contribution in [3.05, 3.63) is 18.2 Å². The normalized spacial score (nSPS) is 11.4. The van der Waals surface area contributed by atoms with Gasteiger partial charge in [-0.15, -0.1) is 13.2 Å². The summed E-state index contributed by atoms with van der Waals surface area (Å²) in [4.78, 5) is 0. The van der Waals surface area contributed by atoms with Gasteiger partial charge in [-0.1, -0.05) is 0 Å². The first-order valence-corrected chi connectivity index (χ1v) is 7.58. The number of alkyl halides is 3. The molecule has 0 aliphatic carbocycles. The molecule has 2 rings (SSSR count). The first-order chi connectivity index (χ1) is 8.90. The fourth-order valence-electron chi connectivity index (χ4n) is 1.70. The lowest BCUT2D eigenvalue weighted by Gasteiger charge is -2.08. The number of aromatic nitrogens is 1. The molecule has 9 heteroatoms. The van der Waals surface area contributed by atoms with E-state index >= 15 is 0 Å². The Morgan fingerprint density at radius 1 is 1.40 bits per heavy atom. The van der Waals surface area contributed by atoms with Crippen molar-refractivity contribution in [2.75, 3.05) is 17.7 Å². The van der Waals surface area contributed by atoms with E-state index in [0.29, 0.717) is 9.83 Å². The van der Waals surface area contributed by atoms with Gasteiger partial charge in [-0.3, -0.25) is 5.73 Å². The molecule has 3 nitrogen and oxygen atoms in total. The molecule has 0 aliphatic rings. The van der Waals surface area contributed by atoms with Crippen molar-refractivity contribution < 1.29 is 34.9 Å². The van der Waals surface area contributed by atoms with Gasteiger partial charge in [-0.05, 0) is 29.7 Å². The van der Waals surface area contributed by atoms with Crippen LogP contribution in [0.15, 0.2) is 18.2 Å². The molecule has 0 fully saturated rings. The number of nitrogens with zero attached hydrogens (tertiary/aromatic N) is 1. The average molecular weight is 345 g/mol. The monoisotopic (exact) mass is 344 g/mol. The molecular weight excluding hydrogens is 333 g/mol. The van der Waals surface area contributed by atoms with Gasteiger partial charge in [0.15, 0.2) is 0 Å². The molecule has 0 aliphatic heterocycles. The topological polar surface area (TPSA) is 39.1 Å². The molecule has 0 saturated heterocycles. The Morgan fingerprint density at radius 3 is 2.70 bits per heavy atom. The van der Waals surface area contributed by atoms with Gasteiger partial charge in [-0.2, -0.15) is 11.8 Å². The number of aryl methyl sites for hydroxylation is 1. The number of fused-ring (bicyclic) bond motifs is 1. The van der Waals surface area contributed by atoms with Crippen molar-refractivity contribution in [2.24, 2.45) is 0 Å². The van der Waals surface area contributed by atoms with Crippen LogP contribution in [-0.4, -0.2) is 18.4 Å². The van der Waals surface area contributed by atoms with E-state index in [2.05, 4.69) is 4.74 Å². The van der Waals surface area contributed by atoms with Crippen molar-refractivity contribution in [2.45, 2.75) is 12.9 Å². The number of nitrogen functional groups attached to an aromatic ring is 1. The van der Waals surface area contributed by atoms with E-state index in [9.17, 15) is 13.2 Å². The molecule has 0 spiro atoms. The number of hydrogen-bond donors (Lipinski definition) is 1. The smallest absolute Gasteiger partial charge is 0.573 e. The van der Waals surface area contributed by atoms with Crippen molar-refractivity contribution in [3.63, 3.8) is 0 Å². The van der Waals surface area contributed by atoms with Crippen molar-refractivity contribution >= 4 is 38.4 Å². The van der Waals surface area contributed by atoms with E-state index in [-0.39, 0.29) is 18.2 Å². The number of anilines is 1. The van der Waals surface area contributed by atoms with Gasteiger partial charge in [-0.25, -0.2) is 4.57 Å². The molecule has 0 radical (unpaired) electrons. The van der Waals surface area contributed by atoms with Crippen LogP contribution in [-0.2, 0) is 6.54 Å². The largest absolute Gasteiger partial charge is 1.00 e. The van der Waals surface area contributed by atoms with Crippen LogP contribution in [0.2, 0.25) is 0 Å². The Kier molecular flexibility index (Phi) is 5.79. The summed E-state index contributed by atoms with van der Waals surface area (Å²) in [6, 6.07) is 4.26. The van der Waals surface area contributed by atoms with E-state index in [1.807, 2.05) is 10.8 Å². The number of rotatable bonds is 4. The molecule has 112 valence electrons. The lowest BCUT2D eigenvalue weighted by molar-refractivity contribution is -0.648. The first kappa shape index (κ1) is 17.2. The highest BCUT2D eigenvalue weighted by atomic mass is 35.5. The highest BCUT2D eigenvalue weighted by molar-refractivity contribution is 7.98. The number of nitrogens with two attached hydrogens (primary N) is 1. The minimum atomic E-state index is -4.68. The third-order valence-corrected chi connectivity index (χ3v) is 4.02. The number of benzene rings is 1. The molecule has 2 aromatic rings. The van der Waals surface area contributed by atoms with E-state index < -0.39 is 6.36 Å². The second-order valence-corrected chi connectivity index (χ2v) is 5.81. The zero-order valence-corrected chi connectivity index (χ0v) is 12.8. The van der Waals surface area contributed by atoms with Crippen LogP contribution in [0.25, 0.3) is 10.2 Å². The molecule has 0 atom stereocenters. The van der Waals surface area contributed by atoms with Gasteiger partial charge in [0.1, 0.15) is 17.8 Å². The Bertz CT molecular complexity index is 589. The summed E-state index contributed by atoms with van der Waals surface area (Å²) in [6.07, 6.45) is -2.69. The van der Waals surface area contributed by atoms with E-state index in [1.165, 1.54) is 23.5 Å². The van der Waals surface area contributed by atoms with Gasteiger partial charge < -0.3 is 17.1 Å². The minimum absolute atomic E-state index is 0. The van der Waals surface area contributed by atoms with Crippen LogP contribution in [0.3, 0.4) is 0 Å². The Morgan fingerprint density at radius 2 is 2.10 bits per heavy atom. The van der Waals surface area contributed by atoms with E-state index in [1.54, 1.807) is 17.8 Å². The van der Waals surface area contributed by atoms with Gasteiger partial charge in [0.05, 0.1) is 4.70 Å². The second kappa shape index (κ2) is 6.73. The van der Waals surface area contributed by atoms with Gasteiger partial charge >= 0.3 is 11.5 Å². The van der Waals surface area contributed by atoms with Crippen molar-refractivity contribution in [1.29, 1.82) is 0 Å². The van der Waals surface area contributed by atoms with Crippen LogP contribution < -0.4 is 27.4 Å². The molecule has 20 heavy (non-hydrogen) atoms. The maximum atomic E-state index is 12.1. The molecule has 0 saturated carbocycles. The van der Waals surface area contributed by atoms with Crippen LogP contribution in [0.4, 0.5) is 18.3 Å². The third-order valence-electron chi connectivity index (χ3n) is 2.46. The first-order valence-electron chi connectivity index (χ1n) is 5.37. The summed E-state index contributed by atoms with van der Waals surface area (Å²) in [6.45, 7) is 0.729. The molecule has 2 N–H and O–H groups in total. The summed E-state index contributed by atoms with van der Waals surface area (Å²) in [7, 11) is 0. The summed E-state index contributed by atoms with van der Waals surface area (Å²) in [5, 5.41) is 0.577. The summed E-state index contributed by atoms with van der Waals surface area (Å²) in [5.41, 5.74) is 6.71. The maximum Gasteiger partial charge on any atom is 0.573 e. The number of ether oxygens (including phenoxy) is 1. The van der Waals surface area contributed by atoms with E-state index in [0.717, 1.165) is 17.8 Å². The fraction of sp³-hybridized carbons (Fsp3) is 0.364. The second-order valence-electron chi connectivity index (χ2n) is 3.76. The standard InChI is InChI=1S/C11H11F3N2OS2.ClH/c1-18-5-4-16-8-3-2-7(17-11(12,13)14)6-9(8)19-10(16)15;/h2-3,6,15H,4-5H2,1H3;1H. The van der Waals surface area contributed by atoms with Crippen LogP contribution in [0, 0.1) is 0 Å². The average Bonchev–Trinajstić information content (AvgIpc) is 2.59. The van der Waals surface area contributed by atoms with Crippen LogP contribution in [0.5, 0.6) is 5.75 Å². The Labute approximate surface area is 128 Å². The Balaban J connectivity index is 0.00000200. The molecule has 0 unspecified atom stereocenters. The molecule has 1 aromatic heterocycles. The lowest BCUT2D eigenvalue weighted by atomic mass is 10.3. The quantitative estimate of drug-likeness (QED) is 0.796. The minimum Gasteiger partial charge on any atom is -1.00 e. The number of thioether (sulfide) groups is 1. The number of hydrogen-bond acceptors (Lipinski definition) is 4. The predicted molar refractivity (Wildman–Crippen MR) is 71.5 cm³/mol. The van der Waals surface area contributed by atoms with Crippen LogP contribution in [0.1, 0.15) is 0 Å². The van der Waals surface area contributed by atoms with Gasteiger partial charge in [0.2, 0.25) is 0 Å². The van der Waals surface area contributed by atoms with Gasteiger partial charge in [0.25, 0.3) is 0 Å². The van der Waals surface area contributed by atoms with Gasteiger partial charge in [0, 0.05) is 11.8 Å². The zero-order chi connectivity index (χ0) is 14.0. The molecule has 1 aromatic carbocycles. The zero-order valence-electron chi connectivity index (χ0n) is 10.4. The van der Waals surface area contributed by atoms with Crippen molar-refractivity contribution in [1.82, 2.24) is 0 Å². The SMILES string of the molecule is CSCC[n+]1c(N)sc2cc(OC(F)(F)F)ccc21.[Cl-]. The third kappa shape index (κ3) is 4.07. The fourth-order valence-corrected chi connectivity index (χ4v) is 3.04. The highest BCUT2D eigenvalue weighted by Gasteiger charge is 2.31. The summed E-state index contributed by atoms with van der Waals surface area (Å²) in [5.74, 6) is 0.667. The lowest BCUT2D eigenvalue weighted by Crippen LogP contribution is -3.00.